The fourth-order valence-electron chi connectivity index (χ4n) is 5.16. The molecule has 2 aromatic carbocycles. The number of aliphatic hydroxyl groups is 2. The van der Waals surface area contributed by atoms with Crippen LogP contribution in [0.4, 0.5) is 0 Å². The van der Waals surface area contributed by atoms with Gasteiger partial charge in [0.25, 0.3) is 0 Å². The van der Waals surface area contributed by atoms with Crippen molar-refractivity contribution < 1.29 is 33.9 Å². The fraction of sp³-hybridized carbons (Fsp3) is 0.625. The molecule has 1 saturated heterocycles. The van der Waals surface area contributed by atoms with E-state index in [4.69, 9.17) is 28.8 Å². The van der Waals surface area contributed by atoms with Gasteiger partial charge in [0.05, 0.1) is 38.1 Å². The molecular weight excluding hydrogens is 528 g/mol. The molecule has 0 saturated carbocycles. The van der Waals surface area contributed by atoms with Crippen LogP contribution in [0.5, 0.6) is 17.2 Å². The first-order chi connectivity index (χ1) is 19.2. The van der Waals surface area contributed by atoms with Gasteiger partial charge in [0, 0.05) is 10.5 Å². The summed E-state index contributed by atoms with van der Waals surface area (Å²) in [5.41, 5.74) is 1.46. The molecule has 0 spiro atoms. The van der Waals surface area contributed by atoms with Crippen LogP contribution in [0.3, 0.4) is 0 Å². The van der Waals surface area contributed by atoms with Crippen LogP contribution < -0.4 is 14.2 Å². The van der Waals surface area contributed by atoms with E-state index in [0.29, 0.717) is 37.1 Å². The smallest absolute Gasteiger partial charge is 0.168 e. The van der Waals surface area contributed by atoms with Gasteiger partial charge in [-0.05, 0) is 55.4 Å². The van der Waals surface area contributed by atoms with Gasteiger partial charge < -0.3 is 33.9 Å². The Bertz CT molecular complexity index is 1040. The molecule has 3 rings (SSSR count). The second-order valence-electron chi connectivity index (χ2n) is 11.4. The maximum atomic E-state index is 9.61. The Hall–Kier alpha value is -1.97. The van der Waals surface area contributed by atoms with Crippen molar-refractivity contribution in [2.45, 2.75) is 94.8 Å². The van der Waals surface area contributed by atoms with Crippen LogP contribution in [0.25, 0.3) is 0 Å². The summed E-state index contributed by atoms with van der Waals surface area (Å²) in [7, 11) is 0. The number of benzene rings is 2. The van der Waals surface area contributed by atoms with E-state index in [0.717, 1.165) is 48.1 Å². The first-order valence-electron chi connectivity index (χ1n) is 14.5. The summed E-state index contributed by atoms with van der Waals surface area (Å²) in [6, 6.07) is 11.8. The molecule has 224 valence electrons. The highest BCUT2D eigenvalue weighted by Gasteiger charge is 2.37. The minimum absolute atomic E-state index is 0.00144. The number of para-hydroxylation sites is 1. The molecule has 8 heteroatoms. The lowest BCUT2D eigenvalue weighted by atomic mass is 9.77. The maximum absolute atomic E-state index is 9.61. The normalized spacial score (nSPS) is 19.1. The first-order valence-corrected chi connectivity index (χ1v) is 15.0. The van der Waals surface area contributed by atoms with Crippen LogP contribution in [-0.2, 0) is 21.5 Å². The third kappa shape index (κ3) is 9.28. The molecule has 2 unspecified atom stereocenters. The largest absolute Gasteiger partial charge is 0.488 e. The highest BCUT2D eigenvalue weighted by molar-refractivity contribution is 7.80. The van der Waals surface area contributed by atoms with Crippen molar-refractivity contribution in [3.05, 3.63) is 47.5 Å². The van der Waals surface area contributed by atoms with E-state index >= 15 is 0 Å². The lowest BCUT2D eigenvalue weighted by molar-refractivity contribution is -0.0699. The number of aliphatic hydroxyl groups excluding tert-OH is 2. The summed E-state index contributed by atoms with van der Waals surface area (Å²) < 4.78 is 30.7. The van der Waals surface area contributed by atoms with E-state index < -0.39 is 5.60 Å². The molecule has 2 N–H and O–H groups in total. The minimum Gasteiger partial charge on any atom is -0.488 e. The Morgan fingerprint density at radius 2 is 1.80 bits per heavy atom. The van der Waals surface area contributed by atoms with Crippen LogP contribution in [0.15, 0.2) is 41.3 Å². The van der Waals surface area contributed by atoms with Crippen molar-refractivity contribution in [2.75, 3.05) is 39.6 Å². The van der Waals surface area contributed by atoms with E-state index in [-0.39, 0.29) is 37.9 Å². The van der Waals surface area contributed by atoms with Crippen LogP contribution in [-0.4, -0.2) is 61.6 Å². The fourth-order valence-corrected chi connectivity index (χ4v) is 5.38. The van der Waals surface area contributed by atoms with Crippen LogP contribution in [0, 0.1) is 0 Å². The summed E-state index contributed by atoms with van der Waals surface area (Å²) in [4.78, 5) is 0.768. The zero-order valence-corrected chi connectivity index (χ0v) is 25.5. The molecule has 0 aliphatic carbocycles. The average molecular weight is 577 g/mol. The van der Waals surface area contributed by atoms with E-state index in [9.17, 15) is 5.11 Å². The number of hydrogen-bond acceptors (Lipinski definition) is 8. The number of ether oxygens (including phenoxy) is 5. The van der Waals surface area contributed by atoms with Crippen molar-refractivity contribution in [2.24, 2.45) is 0 Å². The van der Waals surface area contributed by atoms with Crippen LogP contribution in [0.1, 0.15) is 77.3 Å². The van der Waals surface area contributed by atoms with E-state index in [2.05, 4.69) is 39.5 Å². The van der Waals surface area contributed by atoms with Gasteiger partial charge in [-0.2, -0.15) is 0 Å². The molecule has 0 amide bonds. The predicted octanol–water partition coefficient (Wildman–Crippen LogP) is 6.11. The third-order valence-corrected chi connectivity index (χ3v) is 7.86. The summed E-state index contributed by atoms with van der Waals surface area (Å²) in [6.07, 6.45) is 5.93. The molecule has 0 bridgehead atoms. The van der Waals surface area contributed by atoms with Gasteiger partial charge in [0.1, 0.15) is 25.6 Å². The number of thiol groups is 1. The van der Waals surface area contributed by atoms with Crippen molar-refractivity contribution >= 4 is 12.6 Å². The van der Waals surface area contributed by atoms with Crippen molar-refractivity contribution in [3.8, 4) is 17.2 Å². The lowest BCUT2D eigenvalue weighted by Crippen LogP contribution is -2.34. The zero-order valence-electron chi connectivity index (χ0n) is 24.6. The van der Waals surface area contributed by atoms with Gasteiger partial charge in [-0.3, -0.25) is 0 Å². The Morgan fingerprint density at radius 1 is 1.00 bits per heavy atom. The second-order valence-corrected chi connectivity index (χ2v) is 11.9. The summed E-state index contributed by atoms with van der Waals surface area (Å²) in [5, 5.41) is 18.6. The van der Waals surface area contributed by atoms with Gasteiger partial charge in [0.15, 0.2) is 11.5 Å². The highest BCUT2D eigenvalue weighted by Crippen LogP contribution is 2.43. The van der Waals surface area contributed by atoms with E-state index in [1.165, 1.54) is 6.42 Å². The molecule has 1 heterocycles. The standard InChI is InChI=1S/C32H48O7S/c1-5-6-9-15-31(2,3)26-12-13-28(36-20-19-35-18-17-33)30(38-23-32(4)16-14-24(21-34)39-32)25(26)22-37-27-10-7-8-11-29(27)40/h7-8,10-13,24,33-34,40H,5-6,9,14-23H2,1-4H3. The Labute approximate surface area is 245 Å². The van der Waals surface area contributed by atoms with Gasteiger partial charge in [-0.15, -0.1) is 12.6 Å². The Morgan fingerprint density at radius 3 is 2.50 bits per heavy atom. The van der Waals surface area contributed by atoms with Gasteiger partial charge in [-0.25, -0.2) is 0 Å². The molecule has 7 nitrogen and oxygen atoms in total. The molecular formula is C32H48O7S. The number of rotatable bonds is 18. The monoisotopic (exact) mass is 576 g/mol. The summed E-state index contributed by atoms with van der Waals surface area (Å²) in [6.45, 7) is 10.3. The van der Waals surface area contributed by atoms with Crippen molar-refractivity contribution in [3.63, 3.8) is 0 Å². The topological polar surface area (TPSA) is 86.6 Å². The van der Waals surface area contributed by atoms with Gasteiger partial charge in [-0.1, -0.05) is 58.2 Å². The SMILES string of the molecule is CCCCCC(C)(C)c1ccc(OCCOCCO)c(OCC2(C)CCC(CO)O2)c1COc1ccccc1S. The lowest BCUT2D eigenvalue weighted by Gasteiger charge is -2.31. The molecule has 0 aromatic heterocycles. The second kappa shape index (κ2) is 15.9. The minimum atomic E-state index is -0.516. The predicted molar refractivity (Wildman–Crippen MR) is 160 cm³/mol. The summed E-state index contributed by atoms with van der Waals surface area (Å²) in [5.74, 6) is 1.95. The average Bonchev–Trinajstić information content (AvgIpc) is 3.33. The zero-order chi connectivity index (χ0) is 29.0. The first kappa shape index (κ1) is 32.5. The molecule has 1 aliphatic heterocycles. The highest BCUT2D eigenvalue weighted by atomic mass is 32.1. The number of unbranched alkanes of at least 4 members (excludes halogenated alkanes) is 2. The van der Waals surface area contributed by atoms with Crippen LogP contribution in [0.2, 0.25) is 0 Å². The molecule has 2 aromatic rings. The molecule has 2 atom stereocenters. The number of hydrogen-bond donors (Lipinski definition) is 3. The molecule has 40 heavy (non-hydrogen) atoms. The van der Waals surface area contributed by atoms with Crippen LogP contribution >= 0.6 is 12.6 Å². The van der Waals surface area contributed by atoms with E-state index in [1.54, 1.807) is 0 Å². The van der Waals surface area contributed by atoms with Gasteiger partial charge >= 0.3 is 0 Å². The third-order valence-electron chi connectivity index (χ3n) is 7.49. The molecule has 1 fully saturated rings. The Balaban J connectivity index is 1.98. The van der Waals surface area contributed by atoms with Crippen molar-refractivity contribution in [1.82, 2.24) is 0 Å². The van der Waals surface area contributed by atoms with Gasteiger partial charge in [0.2, 0.25) is 0 Å². The molecule has 1 aliphatic rings. The van der Waals surface area contributed by atoms with E-state index in [1.807, 2.05) is 37.3 Å². The van der Waals surface area contributed by atoms with Crippen molar-refractivity contribution in [1.29, 1.82) is 0 Å². The summed E-state index contributed by atoms with van der Waals surface area (Å²) >= 11 is 4.58. The Kier molecular flexibility index (Phi) is 12.9. The quantitative estimate of drug-likeness (QED) is 0.146. The maximum Gasteiger partial charge on any atom is 0.168 e. The molecule has 0 radical (unpaired) electrons.